The number of benzene rings is 2. The van der Waals surface area contributed by atoms with Crippen LogP contribution in [0, 0.1) is 17.7 Å². The van der Waals surface area contributed by atoms with Crippen molar-refractivity contribution in [3.63, 3.8) is 0 Å². The average molecular weight is 452 g/mol. The van der Waals surface area contributed by atoms with Gasteiger partial charge in [-0.15, -0.1) is 0 Å². The molecule has 1 aliphatic rings. The molecule has 1 saturated heterocycles. The van der Waals surface area contributed by atoms with Crippen LogP contribution in [-0.4, -0.2) is 42.0 Å². The number of halogens is 1. The summed E-state index contributed by atoms with van der Waals surface area (Å²) >= 11 is 1.43. The number of carbonyl (C=O) groups is 1. The summed E-state index contributed by atoms with van der Waals surface area (Å²) in [6.07, 6.45) is 2.24. The normalized spacial score (nSPS) is 19.2. The zero-order chi connectivity index (χ0) is 22.5. The van der Waals surface area contributed by atoms with E-state index in [1.165, 1.54) is 30.3 Å². The minimum absolute atomic E-state index is 0.0788. The molecule has 0 saturated carbocycles. The van der Waals surface area contributed by atoms with Crippen molar-refractivity contribution in [2.75, 3.05) is 26.2 Å². The SMILES string of the molecule is CC1CC(C)CN(CCCNC(=O)c2cc(Sc3ccc(F)cc3)nc3ccccc23)C1. The fraction of sp³-hybridized carbons (Fsp3) is 0.385. The van der Waals surface area contributed by atoms with Crippen molar-refractivity contribution in [3.8, 4) is 0 Å². The van der Waals surface area contributed by atoms with Crippen LogP contribution in [0.3, 0.4) is 0 Å². The van der Waals surface area contributed by atoms with Crippen molar-refractivity contribution in [2.24, 2.45) is 11.8 Å². The maximum absolute atomic E-state index is 13.2. The number of hydrogen-bond donors (Lipinski definition) is 1. The first kappa shape index (κ1) is 22.7. The van der Waals surface area contributed by atoms with Crippen LogP contribution in [0.25, 0.3) is 10.9 Å². The Morgan fingerprint density at radius 2 is 1.84 bits per heavy atom. The number of aromatic nitrogens is 1. The molecule has 6 heteroatoms. The van der Waals surface area contributed by atoms with Crippen molar-refractivity contribution in [3.05, 3.63) is 66.0 Å². The molecular formula is C26H30FN3OS. The Kier molecular flexibility index (Phi) is 7.43. The number of hydrogen-bond acceptors (Lipinski definition) is 4. The lowest BCUT2D eigenvalue weighted by Gasteiger charge is -2.34. The largest absolute Gasteiger partial charge is 0.352 e. The second-order valence-electron chi connectivity index (χ2n) is 8.90. The fourth-order valence-electron chi connectivity index (χ4n) is 4.59. The van der Waals surface area contributed by atoms with Crippen LogP contribution in [0.1, 0.15) is 37.0 Å². The van der Waals surface area contributed by atoms with Gasteiger partial charge in [-0.1, -0.05) is 43.8 Å². The third kappa shape index (κ3) is 5.87. The Bertz CT molecular complexity index is 1060. The molecule has 2 unspecified atom stereocenters. The van der Waals surface area contributed by atoms with Gasteiger partial charge in [0.1, 0.15) is 10.8 Å². The van der Waals surface area contributed by atoms with E-state index < -0.39 is 0 Å². The molecule has 2 heterocycles. The van der Waals surface area contributed by atoms with Gasteiger partial charge in [0, 0.05) is 29.9 Å². The maximum atomic E-state index is 13.2. The van der Waals surface area contributed by atoms with Gasteiger partial charge in [0.2, 0.25) is 0 Å². The van der Waals surface area contributed by atoms with Crippen LogP contribution in [0.4, 0.5) is 4.39 Å². The smallest absolute Gasteiger partial charge is 0.252 e. The molecule has 3 aromatic rings. The number of nitrogens with zero attached hydrogens (tertiary/aromatic N) is 2. The molecule has 1 amide bonds. The van der Waals surface area contributed by atoms with Gasteiger partial charge in [-0.05, 0) is 67.6 Å². The summed E-state index contributed by atoms with van der Waals surface area (Å²) in [4.78, 5) is 21.1. The number of para-hydroxylation sites is 1. The summed E-state index contributed by atoms with van der Waals surface area (Å²) in [7, 11) is 0. The predicted molar refractivity (Wildman–Crippen MR) is 129 cm³/mol. The van der Waals surface area contributed by atoms with Crippen LogP contribution >= 0.6 is 11.8 Å². The third-order valence-corrected chi connectivity index (χ3v) is 6.78. The van der Waals surface area contributed by atoms with Gasteiger partial charge in [-0.3, -0.25) is 4.79 Å². The van der Waals surface area contributed by atoms with Crippen molar-refractivity contribution >= 4 is 28.6 Å². The van der Waals surface area contributed by atoms with E-state index in [0.29, 0.717) is 12.1 Å². The van der Waals surface area contributed by atoms with E-state index in [2.05, 4.69) is 24.1 Å². The van der Waals surface area contributed by atoms with Crippen LogP contribution < -0.4 is 5.32 Å². The molecule has 4 rings (SSSR count). The fourth-order valence-corrected chi connectivity index (χ4v) is 5.42. The van der Waals surface area contributed by atoms with Gasteiger partial charge >= 0.3 is 0 Å². The molecule has 2 atom stereocenters. The van der Waals surface area contributed by atoms with E-state index >= 15 is 0 Å². The van der Waals surface area contributed by atoms with Gasteiger partial charge in [0.05, 0.1) is 11.1 Å². The van der Waals surface area contributed by atoms with E-state index in [9.17, 15) is 9.18 Å². The van der Waals surface area contributed by atoms with Crippen molar-refractivity contribution in [2.45, 2.75) is 36.6 Å². The molecule has 1 fully saturated rings. The molecule has 0 spiro atoms. The highest BCUT2D eigenvalue weighted by molar-refractivity contribution is 7.99. The zero-order valence-electron chi connectivity index (χ0n) is 18.7. The molecule has 2 aromatic carbocycles. The molecule has 1 aromatic heterocycles. The number of carbonyl (C=O) groups excluding carboxylic acids is 1. The molecule has 1 N–H and O–H groups in total. The Morgan fingerprint density at radius 1 is 1.12 bits per heavy atom. The van der Waals surface area contributed by atoms with Crippen molar-refractivity contribution in [1.29, 1.82) is 0 Å². The zero-order valence-corrected chi connectivity index (χ0v) is 19.5. The summed E-state index contributed by atoms with van der Waals surface area (Å²) < 4.78 is 13.2. The summed E-state index contributed by atoms with van der Waals surface area (Å²) in [5.41, 5.74) is 1.40. The standard InChI is InChI=1S/C26H30FN3OS/c1-18-14-19(2)17-30(16-18)13-5-12-28-26(31)23-15-25(29-24-7-4-3-6-22(23)24)32-21-10-8-20(27)9-11-21/h3-4,6-11,15,18-19H,5,12-14,16-17H2,1-2H3,(H,28,31). The van der Waals surface area contributed by atoms with E-state index in [-0.39, 0.29) is 11.7 Å². The summed E-state index contributed by atoms with van der Waals surface area (Å²) in [5, 5.41) is 4.66. The molecule has 0 radical (unpaired) electrons. The third-order valence-electron chi connectivity index (χ3n) is 5.85. The van der Waals surface area contributed by atoms with E-state index in [0.717, 1.165) is 58.7 Å². The van der Waals surface area contributed by atoms with Gasteiger partial charge < -0.3 is 10.2 Å². The first-order valence-corrected chi connectivity index (χ1v) is 12.1. The quantitative estimate of drug-likeness (QED) is 0.474. The summed E-state index contributed by atoms with van der Waals surface area (Å²) in [6.45, 7) is 8.60. The Hall–Kier alpha value is -2.44. The monoisotopic (exact) mass is 451 g/mol. The maximum Gasteiger partial charge on any atom is 0.252 e. The van der Waals surface area contributed by atoms with Gasteiger partial charge in [0.15, 0.2) is 0 Å². The highest BCUT2D eigenvalue weighted by Gasteiger charge is 2.21. The van der Waals surface area contributed by atoms with Crippen LogP contribution in [-0.2, 0) is 0 Å². The Balaban J connectivity index is 1.42. The van der Waals surface area contributed by atoms with Crippen LogP contribution in [0.5, 0.6) is 0 Å². The number of piperidine rings is 1. The van der Waals surface area contributed by atoms with Gasteiger partial charge in [0.25, 0.3) is 5.91 Å². The van der Waals surface area contributed by atoms with E-state index in [4.69, 9.17) is 4.98 Å². The number of amides is 1. The second kappa shape index (κ2) is 10.5. The summed E-state index contributed by atoms with van der Waals surface area (Å²) in [5.74, 6) is 1.14. The van der Waals surface area contributed by atoms with Crippen LogP contribution in [0.15, 0.2) is 64.5 Å². The second-order valence-corrected chi connectivity index (χ2v) is 9.99. The highest BCUT2D eigenvalue weighted by atomic mass is 32.2. The molecule has 4 nitrogen and oxygen atoms in total. The molecule has 0 aliphatic carbocycles. The van der Waals surface area contributed by atoms with E-state index in [1.54, 1.807) is 12.1 Å². The molecule has 0 bridgehead atoms. The van der Waals surface area contributed by atoms with E-state index in [1.807, 2.05) is 30.3 Å². The van der Waals surface area contributed by atoms with Crippen molar-refractivity contribution < 1.29 is 9.18 Å². The first-order valence-electron chi connectivity index (χ1n) is 11.3. The minimum Gasteiger partial charge on any atom is -0.352 e. The Labute approximate surface area is 193 Å². The lowest BCUT2D eigenvalue weighted by Crippen LogP contribution is -2.40. The average Bonchev–Trinajstić information content (AvgIpc) is 2.77. The lowest BCUT2D eigenvalue weighted by atomic mass is 9.92. The molecule has 32 heavy (non-hydrogen) atoms. The van der Waals surface area contributed by atoms with Gasteiger partial charge in [-0.2, -0.15) is 0 Å². The highest BCUT2D eigenvalue weighted by Crippen LogP contribution is 2.30. The minimum atomic E-state index is -0.269. The number of fused-ring (bicyclic) bond motifs is 1. The number of pyridine rings is 1. The summed E-state index contributed by atoms with van der Waals surface area (Å²) in [6, 6.07) is 15.8. The topological polar surface area (TPSA) is 45.2 Å². The number of rotatable bonds is 7. The predicted octanol–water partition coefficient (Wildman–Crippen LogP) is 5.62. The van der Waals surface area contributed by atoms with Gasteiger partial charge in [-0.25, -0.2) is 9.37 Å². The van der Waals surface area contributed by atoms with Crippen LogP contribution in [0.2, 0.25) is 0 Å². The number of nitrogens with one attached hydrogen (secondary N) is 1. The molecule has 168 valence electrons. The Morgan fingerprint density at radius 3 is 2.59 bits per heavy atom. The molecule has 1 aliphatic heterocycles. The van der Waals surface area contributed by atoms with Crippen molar-refractivity contribution in [1.82, 2.24) is 15.2 Å². The number of likely N-dealkylation sites (tertiary alicyclic amines) is 1. The molecular weight excluding hydrogens is 421 g/mol. The lowest BCUT2D eigenvalue weighted by molar-refractivity contribution is 0.0948. The first-order chi connectivity index (χ1) is 15.5.